The molecule has 5 heteroatoms. The van der Waals surface area contributed by atoms with Gasteiger partial charge in [-0.05, 0) is 0 Å². The molecule has 0 bridgehead atoms. The zero-order valence-corrected chi connectivity index (χ0v) is 6.77. The molecule has 0 aliphatic rings. The molecule has 0 radical (unpaired) electrons. The van der Waals surface area contributed by atoms with Gasteiger partial charge in [-0.15, -0.1) is 5.10 Å². The van der Waals surface area contributed by atoms with Crippen molar-refractivity contribution < 1.29 is 4.79 Å². The van der Waals surface area contributed by atoms with Crippen LogP contribution in [0.3, 0.4) is 0 Å². The summed E-state index contributed by atoms with van der Waals surface area (Å²) >= 11 is 0. The molecule has 0 atom stereocenters. The van der Waals surface area contributed by atoms with Crippen LogP contribution in [0.5, 0.6) is 0 Å². The molecule has 11 heavy (non-hydrogen) atoms. The van der Waals surface area contributed by atoms with E-state index >= 15 is 0 Å². The lowest BCUT2D eigenvalue weighted by atomic mass is 10.4. The predicted octanol–water partition coefficient (Wildman–Crippen LogP) is -0.483. The van der Waals surface area contributed by atoms with Crippen LogP contribution in [0.15, 0.2) is 6.20 Å². The monoisotopic (exact) mass is 154 g/mol. The molecule has 0 aromatic carbocycles. The van der Waals surface area contributed by atoms with E-state index in [0.29, 0.717) is 5.69 Å². The van der Waals surface area contributed by atoms with E-state index in [2.05, 4.69) is 10.3 Å². The summed E-state index contributed by atoms with van der Waals surface area (Å²) in [5.74, 6) is -0.0856. The van der Waals surface area contributed by atoms with E-state index in [4.69, 9.17) is 0 Å². The fraction of sp³-hybridized carbons (Fsp3) is 0.500. The van der Waals surface area contributed by atoms with Crippen LogP contribution in [-0.2, 0) is 7.05 Å². The van der Waals surface area contributed by atoms with E-state index in [1.807, 2.05) is 0 Å². The molecule has 0 spiro atoms. The molecule has 1 aromatic rings. The summed E-state index contributed by atoms with van der Waals surface area (Å²) < 4.78 is 1.45. The van der Waals surface area contributed by atoms with Gasteiger partial charge < -0.3 is 4.90 Å². The highest BCUT2D eigenvalue weighted by Crippen LogP contribution is 1.96. The number of nitrogens with zero attached hydrogens (tertiary/aromatic N) is 4. The van der Waals surface area contributed by atoms with Gasteiger partial charge in [-0.2, -0.15) is 0 Å². The van der Waals surface area contributed by atoms with Gasteiger partial charge in [0, 0.05) is 21.1 Å². The Morgan fingerprint density at radius 1 is 1.64 bits per heavy atom. The molecule has 60 valence electrons. The lowest BCUT2D eigenvalue weighted by molar-refractivity contribution is 0.0817. The first-order valence-corrected chi connectivity index (χ1v) is 3.19. The Morgan fingerprint density at radius 3 is 2.64 bits per heavy atom. The zero-order valence-electron chi connectivity index (χ0n) is 6.77. The smallest absolute Gasteiger partial charge is 0.273 e. The Hall–Kier alpha value is -1.39. The van der Waals surface area contributed by atoms with Crippen LogP contribution in [-0.4, -0.2) is 39.9 Å². The van der Waals surface area contributed by atoms with Crippen molar-refractivity contribution >= 4 is 5.91 Å². The molecular weight excluding hydrogens is 144 g/mol. The number of aryl methyl sites for hydroxylation is 1. The number of carbonyl (C=O) groups excluding carboxylic acids is 1. The summed E-state index contributed by atoms with van der Waals surface area (Å²) in [5, 5.41) is 7.23. The van der Waals surface area contributed by atoms with Gasteiger partial charge in [0.2, 0.25) is 0 Å². The zero-order chi connectivity index (χ0) is 8.43. The number of hydrogen-bond acceptors (Lipinski definition) is 3. The van der Waals surface area contributed by atoms with Crippen LogP contribution in [0.2, 0.25) is 0 Å². The fourth-order valence-corrected chi connectivity index (χ4v) is 0.712. The Balaban J connectivity index is 2.93. The maximum Gasteiger partial charge on any atom is 0.273 e. The Labute approximate surface area is 64.6 Å². The average molecular weight is 154 g/mol. The van der Waals surface area contributed by atoms with Crippen molar-refractivity contribution in [3.63, 3.8) is 0 Å². The number of aromatic nitrogens is 3. The summed E-state index contributed by atoms with van der Waals surface area (Å²) in [6, 6.07) is 0. The van der Waals surface area contributed by atoms with Crippen LogP contribution in [0.1, 0.15) is 10.5 Å². The molecule has 1 aromatic heterocycles. The normalized spacial score (nSPS) is 9.73. The fourth-order valence-electron chi connectivity index (χ4n) is 0.712. The first-order valence-electron chi connectivity index (χ1n) is 3.19. The number of carbonyl (C=O) groups is 1. The Kier molecular flexibility index (Phi) is 1.89. The van der Waals surface area contributed by atoms with Crippen LogP contribution in [0.4, 0.5) is 0 Å². The average Bonchev–Trinajstić information content (AvgIpc) is 2.33. The minimum Gasteiger partial charge on any atom is -0.343 e. The van der Waals surface area contributed by atoms with Crippen molar-refractivity contribution in [2.24, 2.45) is 7.05 Å². The first-order chi connectivity index (χ1) is 5.13. The summed E-state index contributed by atoms with van der Waals surface area (Å²) in [4.78, 5) is 12.7. The second-order valence-corrected chi connectivity index (χ2v) is 2.44. The van der Waals surface area contributed by atoms with Crippen molar-refractivity contribution in [3.05, 3.63) is 11.9 Å². The summed E-state index contributed by atoms with van der Waals surface area (Å²) in [6.07, 6.45) is 1.45. The second-order valence-electron chi connectivity index (χ2n) is 2.44. The van der Waals surface area contributed by atoms with E-state index in [0.717, 1.165) is 0 Å². The van der Waals surface area contributed by atoms with Crippen molar-refractivity contribution in [1.82, 2.24) is 19.9 Å². The van der Waals surface area contributed by atoms with Crippen LogP contribution < -0.4 is 0 Å². The minimum atomic E-state index is -0.0856. The van der Waals surface area contributed by atoms with Crippen LogP contribution >= 0.6 is 0 Å². The van der Waals surface area contributed by atoms with E-state index in [1.165, 1.54) is 15.8 Å². The van der Waals surface area contributed by atoms with Gasteiger partial charge in [0.05, 0.1) is 6.20 Å². The van der Waals surface area contributed by atoms with Gasteiger partial charge >= 0.3 is 0 Å². The highest BCUT2D eigenvalue weighted by atomic mass is 16.2. The molecule has 0 N–H and O–H groups in total. The molecule has 0 saturated heterocycles. The highest BCUT2D eigenvalue weighted by molar-refractivity contribution is 5.91. The lowest BCUT2D eigenvalue weighted by Gasteiger charge is -2.08. The van der Waals surface area contributed by atoms with Crippen LogP contribution in [0.25, 0.3) is 0 Å². The van der Waals surface area contributed by atoms with E-state index in [1.54, 1.807) is 21.1 Å². The molecule has 5 nitrogen and oxygen atoms in total. The number of rotatable bonds is 1. The largest absolute Gasteiger partial charge is 0.343 e. The maximum absolute atomic E-state index is 11.3. The minimum absolute atomic E-state index is 0.0856. The topological polar surface area (TPSA) is 51.0 Å². The number of amides is 1. The lowest BCUT2D eigenvalue weighted by Crippen LogP contribution is -2.24. The van der Waals surface area contributed by atoms with Crippen molar-refractivity contribution in [1.29, 1.82) is 0 Å². The van der Waals surface area contributed by atoms with Gasteiger partial charge in [-0.1, -0.05) is 5.21 Å². The molecule has 0 saturated carbocycles. The quantitative estimate of drug-likeness (QED) is 0.548. The summed E-state index contributed by atoms with van der Waals surface area (Å²) in [7, 11) is 5.06. The summed E-state index contributed by atoms with van der Waals surface area (Å²) in [6.45, 7) is 0. The molecule has 1 amide bonds. The standard InChI is InChI=1S/C6H10N4O/c1-9(2)6(11)5-4-7-8-10(5)3/h4H,1-3H3. The molecule has 0 unspecified atom stereocenters. The molecule has 0 aliphatic heterocycles. The van der Waals surface area contributed by atoms with Crippen molar-refractivity contribution in [3.8, 4) is 0 Å². The first kappa shape index (κ1) is 7.71. The van der Waals surface area contributed by atoms with Gasteiger partial charge in [-0.3, -0.25) is 4.79 Å². The number of hydrogen-bond donors (Lipinski definition) is 0. The van der Waals surface area contributed by atoms with E-state index in [9.17, 15) is 4.79 Å². The van der Waals surface area contributed by atoms with Crippen molar-refractivity contribution in [2.45, 2.75) is 0 Å². The molecule has 1 rings (SSSR count). The third-order valence-corrected chi connectivity index (χ3v) is 1.34. The van der Waals surface area contributed by atoms with Crippen LogP contribution in [0, 0.1) is 0 Å². The van der Waals surface area contributed by atoms with Crippen molar-refractivity contribution in [2.75, 3.05) is 14.1 Å². The Morgan fingerprint density at radius 2 is 2.27 bits per heavy atom. The molecular formula is C6H10N4O. The van der Waals surface area contributed by atoms with Gasteiger partial charge in [0.15, 0.2) is 0 Å². The molecule has 0 aliphatic carbocycles. The van der Waals surface area contributed by atoms with E-state index < -0.39 is 0 Å². The van der Waals surface area contributed by atoms with Gasteiger partial charge in [-0.25, -0.2) is 4.68 Å². The third-order valence-electron chi connectivity index (χ3n) is 1.34. The van der Waals surface area contributed by atoms with E-state index in [-0.39, 0.29) is 5.91 Å². The Bertz CT molecular complexity index is 265. The second kappa shape index (κ2) is 2.69. The highest BCUT2D eigenvalue weighted by Gasteiger charge is 2.11. The maximum atomic E-state index is 11.3. The predicted molar refractivity (Wildman–Crippen MR) is 39.0 cm³/mol. The summed E-state index contributed by atoms with van der Waals surface area (Å²) in [5.41, 5.74) is 0.495. The SMILES string of the molecule is CN(C)C(=O)c1cnnn1C. The van der Waals surface area contributed by atoms with Gasteiger partial charge in [0.25, 0.3) is 5.91 Å². The third kappa shape index (κ3) is 1.36. The van der Waals surface area contributed by atoms with Gasteiger partial charge in [0.1, 0.15) is 5.69 Å². The molecule has 1 heterocycles. The molecule has 0 fully saturated rings.